The van der Waals surface area contributed by atoms with Crippen molar-refractivity contribution in [2.45, 2.75) is 52.0 Å². The fourth-order valence-corrected chi connectivity index (χ4v) is 1.57. The highest BCUT2D eigenvalue weighted by molar-refractivity contribution is 5.76. The average Bonchev–Trinajstić information content (AvgIpc) is 2.27. The van der Waals surface area contributed by atoms with Gasteiger partial charge in [-0.2, -0.15) is 0 Å². The molecule has 0 bridgehead atoms. The first-order valence-electron chi connectivity index (χ1n) is 6.16. The Kier molecular flexibility index (Phi) is 4.64. The molecule has 2 N–H and O–H groups in total. The first-order chi connectivity index (χ1) is 8.34. The maximum Gasteiger partial charge on any atom is 0.326 e. The zero-order valence-corrected chi connectivity index (χ0v) is 11.4. The SMILES string of the molecule is CCCC(Nc1cc(C(C)(C)C)ncn1)C(=O)O. The van der Waals surface area contributed by atoms with E-state index in [4.69, 9.17) is 5.11 Å². The monoisotopic (exact) mass is 251 g/mol. The molecule has 1 rings (SSSR count). The molecule has 1 unspecified atom stereocenters. The van der Waals surface area contributed by atoms with Crippen molar-refractivity contribution in [1.29, 1.82) is 0 Å². The Bertz CT molecular complexity index is 413. The van der Waals surface area contributed by atoms with Gasteiger partial charge in [-0.3, -0.25) is 0 Å². The molecule has 100 valence electrons. The van der Waals surface area contributed by atoms with E-state index in [-0.39, 0.29) is 5.41 Å². The minimum absolute atomic E-state index is 0.0805. The predicted octanol–water partition coefficient (Wildman–Crippen LogP) is 2.44. The van der Waals surface area contributed by atoms with Crippen molar-refractivity contribution in [3.05, 3.63) is 18.1 Å². The van der Waals surface area contributed by atoms with E-state index in [1.165, 1.54) is 6.33 Å². The van der Waals surface area contributed by atoms with Crippen LogP contribution in [0.5, 0.6) is 0 Å². The van der Waals surface area contributed by atoms with E-state index >= 15 is 0 Å². The van der Waals surface area contributed by atoms with Crippen molar-refractivity contribution in [2.75, 3.05) is 5.32 Å². The second-order valence-electron chi connectivity index (χ2n) is 5.36. The summed E-state index contributed by atoms with van der Waals surface area (Å²) in [6, 6.07) is 1.21. The fourth-order valence-electron chi connectivity index (χ4n) is 1.57. The smallest absolute Gasteiger partial charge is 0.326 e. The van der Waals surface area contributed by atoms with Gasteiger partial charge in [0, 0.05) is 11.5 Å². The normalized spacial score (nSPS) is 13.1. The highest BCUT2D eigenvalue weighted by Crippen LogP contribution is 2.21. The molecule has 1 aromatic heterocycles. The first kappa shape index (κ1) is 14.4. The van der Waals surface area contributed by atoms with E-state index in [2.05, 4.69) is 36.1 Å². The minimum Gasteiger partial charge on any atom is -0.480 e. The molecule has 0 radical (unpaired) electrons. The van der Waals surface area contributed by atoms with Crippen LogP contribution < -0.4 is 5.32 Å². The van der Waals surface area contributed by atoms with Gasteiger partial charge < -0.3 is 10.4 Å². The summed E-state index contributed by atoms with van der Waals surface area (Å²) in [6.45, 7) is 8.12. The van der Waals surface area contributed by atoms with Crippen molar-refractivity contribution >= 4 is 11.8 Å². The van der Waals surface area contributed by atoms with Crippen molar-refractivity contribution in [3.8, 4) is 0 Å². The first-order valence-corrected chi connectivity index (χ1v) is 6.16. The Balaban J connectivity index is 2.87. The Hall–Kier alpha value is -1.65. The Morgan fingerprint density at radius 1 is 1.44 bits per heavy atom. The minimum atomic E-state index is -0.854. The average molecular weight is 251 g/mol. The van der Waals surface area contributed by atoms with E-state index in [9.17, 15) is 4.79 Å². The molecule has 0 aromatic carbocycles. The molecule has 0 saturated heterocycles. The summed E-state index contributed by atoms with van der Waals surface area (Å²) < 4.78 is 0. The number of aromatic nitrogens is 2. The van der Waals surface area contributed by atoms with E-state index in [0.29, 0.717) is 12.2 Å². The Labute approximate surface area is 108 Å². The van der Waals surface area contributed by atoms with Crippen LogP contribution in [0.15, 0.2) is 12.4 Å². The molecule has 0 amide bonds. The van der Waals surface area contributed by atoms with Gasteiger partial charge in [0.1, 0.15) is 18.2 Å². The van der Waals surface area contributed by atoms with Crippen molar-refractivity contribution in [2.24, 2.45) is 0 Å². The van der Waals surface area contributed by atoms with E-state index in [0.717, 1.165) is 12.1 Å². The quantitative estimate of drug-likeness (QED) is 0.840. The van der Waals surface area contributed by atoms with Crippen molar-refractivity contribution < 1.29 is 9.90 Å². The molecule has 0 spiro atoms. The zero-order valence-electron chi connectivity index (χ0n) is 11.4. The summed E-state index contributed by atoms with van der Waals surface area (Å²) in [6.07, 6.45) is 2.85. The van der Waals surface area contributed by atoms with Crippen molar-refractivity contribution in [1.82, 2.24) is 9.97 Å². The Morgan fingerprint density at radius 2 is 2.11 bits per heavy atom. The summed E-state index contributed by atoms with van der Waals surface area (Å²) in [5.74, 6) is -0.288. The second-order valence-corrected chi connectivity index (χ2v) is 5.36. The predicted molar refractivity (Wildman–Crippen MR) is 70.7 cm³/mol. The molecule has 5 nitrogen and oxygen atoms in total. The number of anilines is 1. The number of aliphatic carboxylic acids is 1. The van der Waals surface area contributed by atoms with Crippen LogP contribution >= 0.6 is 0 Å². The van der Waals surface area contributed by atoms with Gasteiger partial charge in [0.2, 0.25) is 0 Å². The molecular weight excluding hydrogens is 230 g/mol. The zero-order chi connectivity index (χ0) is 13.8. The second kappa shape index (κ2) is 5.80. The van der Waals surface area contributed by atoms with Gasteiger partial charge in [0.15, 0.2) is 0 Å². The van der Waals surface area contributed by atoms with E-state index < -0.39 is 12.0 Å². The molecule has 1 aromatic rings. The molecule has 1 heterocycles. The largest absolute Gasteiger partial charge is 0.480 e. The van der Waals surface area contributed by atoms with Gasteiger partial charge in [-0.05, 0) is 6.42 Å². The molecule has 0 aliphatic heterocycles. The lowest BCUT2D eigenvalue weighted by atomic mass is 9.92. The molecular formula is C13H21N3O2. The summed E-state index contributed by atoms with van der Waals surface area (Å²) in [4.78, 5) is 19.4. The number of rotatable bonds is 5. The number of carboxylic acid groups (broad SMARTS) is 1. The molecule has 0 aliphatic carbocycles. The third kappa shape index (κ3) is 3.98. The van der Waals surface area contributed by atoms with Crippen LogP contribution in [-0.4, -0.2) is 27.1 Å². The molecule has 0 aliphatic rings. The maximum atomic E-state index is 11.1. The number of nitrogens with zero attached hydrogens (tertiary/aromatic N) is 2. The fraction of sp³-hybridized carbons (Fsp3) is 0.615. The molecule has 1 atom stereocenters. The topological polar surface area (TPSA) is 75.1 Å². The van der Waals surface area contributed by atoms with Gasteiger partial charge in [0.05, 0.1) is 5.69 Å². The number of hydrogen-bond acceptors (Lipinski definition) is 4. The van der Waals surface area contributed by atoms with Gasteiger partial charge in [-0.1, -0.05) is 34.1 Å². The third-order valence-electron chi connectivity index (χ3n) is 2.63. The third-order valence-corrected chi connectivity index (χ3v) is 2.63. The molecule has 0 fully saturated rings. The standard InChI is InChI=1S/C13H21N3O2/c1-5-6-9(12(17)18)16-11-7-10(13(2,3)4)14-8-15-11/h7-9H,5-6H2,1-4H3,(H,17,18)(H,14,15,16). The van der Waals surface area contributed by atoms with Crippen molar-refractivity contribution in [3.63, 3.8) is 0 Å². The summed E-state index contributed by atoms with van der Waals surface area (Å²) in [5.41, 5.74) is 0.809. The summed E-state index contributed by atoms with van der Waals surface area (Å²) in [5, 5.41) is 12.0. The van der Waals surface area contributed by atoms with Crippen LogP contribution in [-0.2, 0) is 10.2 Å². The summed E-state index contributed by atoms with van der Waals surface area (Å²) in [7, 11) is 0. The maximum absolute atomic E-state index is 11.1. The number of hydrogen-bond donors (Lipinski definition) is 2. The van der Waals surface area contributed by atoms with Crippen LogP contribution in [0.1, 0.15) is 46.2 Å². The van der Waals surface area contributed by atoms with Crippen LogP contribution in [0.3, 0.4) is 0 Å². The molecule has 5 heteroatoms. The number of carboxylic acids is 1. The van der Waals surface area contributed by atoms with Gasteiger partial charge in [-0.25, -0.2) is 14.8 Å². The molecule has 18 heavy (non-hydrogen) atoms. The summed E-state index contributed by atoms with van der Waals surface area (Å²) >= 11 is 0. The lowest BCUT2D eigenvalue weighted by Crippen LogP contribution is -2.29. The van der Waals surface area contributed by atoms with E-state index in [1.54, 1.807) is 0 Å². The van der Waals surface area contributed by atoms with Gasteiger partial charge >= 0.3 is 5.97 Å². The lowest BCUT2D eigenvalue weighted by molar-refractivity contribution is -0.138. The van der Waals surface area contributed by atoms with Gasteiger partial charge in [0.25, 0.3) is 0 Å². The van der Waals surface area contributed by atoms with Crippen LogP contribution in [0.25, 0.3) is 0 Å². The van der Waals surface area contributed by atoms with Gasteiger partial charge in [-0.15, -0.1) is 0 Å². The van der Waals surface area contributed by atoms with E-state index in [1.807, 2.05) is 13.0 Å². The highest BCUT2D eigenvalue weighted by Gasteiger charge is 2.19. The lowest BCUT2D eigenvalue weighted by Gasteiger charge is -2.19. The Morgan fingerprint density at radius 3 is 2.61 bits per heavy atom. The number of nitrogens with one attached hydrogen (secondary N) is 1. The van der Waals surface area contributed by atoms with Crippen LogP contribution in [0, 0.1) is 0 Å². The molecule has 0 saturated carbocycles. The highest BCUT2D eigenvalue weighted by atomic mass is 16.4. The number of carbonyl (C=O) groups is 1. The van der Waals surface area contributed by atoms with Crippen LogP contribution in [0.4, 0.5) is 5.82 Å². The van der Waals surface area contributed by atoms with Crippen LogP contribution in [0.2, 0.25) is 0 Å².